The Labute approximate surface area is 188 Å². The molecule has 0 bridgehead atoms. The fourth-order valence-electron chi connectivity index (χ4n) is 4.36. The molecule has 2 saturated heterocycles. The smallest absolute Gasteiger partial charge is 0.234 e. The lowest BCUT2D eigenvalue weighted by Gasteiger charge is -2.35. The summed E-state index contributed by atoms with van der Waals surface area (Å²) in [5.74, 6) is 1.58. The van der Waals surface area contributed by atoms with Crippen molar-refractivity contribution in [3.8, 4) is 10.7 Å². The highest BCUT2D eigenvalue weighted by Crippen LogP contribution is 2.21. The van der Waals surface area contributed by atoms with Gasteiger partial charge in [-0.2, -0.15) is 4.98 Å². The molecule has 31 heavy (non-hydrogen) atoms. The monoisotopic (exact) mass is 446 g/mol. The summed E-state index contributed by atoms with van der Waals surface area (Å²) in [6.45, 7) is 11.0. The lowest BCUT2D eigenvalue weighted by Crippen LogP contribution is -2.51. The van der Waals surface area contributed by atoms with Gasteiger partial charge in [-0.15, -0.1) is 11.3 Å². The molecule has 170 valence electrons. The van der Waals surface area contributed by atoms with Gasteiger partial charge in [0.2, 0.25) is 17.6 Å². The SMILES string of the molecule is CCN1CCC(NC(=O)CN2CCN(CCCc3nc(-c4cccs4)no3)CC2)CC1. The van der Waals surface area contributed by atoms with Crippen molar-refractivity contribution in [2.45, 2.75) is 38.6 Å². The average Bonchev–Trinajstić information content (AvgIpc) is 3.47. The van der Waals surface area contributed by atoms with E-state index in [-0.39, 0.29) is 5.91 Å². The van der Waals surface area contributed by atoms with E-state index in [4.69, 9.17) is 4.52 Å². The highest BCUT2D eigenvalue weighted by molar-refractivity contribution is 7.13. The molecule has 2 aromatic heterocycles. The molecule has 1 N–H and O–H groups in total. The maximum Gasteiger partial charge on any atom is 0.234 e. The fraction of sp³-hybridized carbons (Fsp3) is 0.682. The highest BCUT2D eigenvalue weighted by Gasteiger charge is 2.22. The lowest BCUT2D eigenvalue weighted by atomic mass is 10.1. The second-order valence-corrected chi connectivity index (χ2v) is 9.43. The van der Waals surface area contributed by atoms with Crippen LogP contribution in [0.3, 0.4) is 0 Å². The first kappa shape index (κ1) is 22.4. The Morgan fingerprint density at radius 3 is 2.65 bits per heavy atom. The molecule has 2 aliphatic heterocycles. The first-order chi connectivity index (χ1) is 15.2. The number of hydrogen-bond acceptors (Lipinski definition) is 8. The minimum atomic E-state index is 0.182. The van der Waals surface area contributed by atoms with E-state index in [1.165, 1.54) is 0 Å². The van der Waals surface area contributed by atoms with E-state index < -0.39 is 0 Å². The van der Waals surface area contributed by atoms with Crippen LogP contribution in [-0.4, -0.2) is 95.7 Å². The van der Waals surface area contributed by atoms with Gasteiger partial charge in [0, 0.05) is 51.7 Å². The first-order valence-corrected chi connectivity index (χ1v) is 12.4. The van der Waals surface area contributed by atoms with Gasteiger partial charge in [0.25, 0.3) is 0 Å². The van der Waals surface area contributed by atoms with Crippen molar-refractivity contribution >= 4 is 17.2 Å². The number of hydrogen-bond donors (Lipinski definition) is 1. The molecule has 8 nitrogen and oxygen atoms in total. The third-order valence-electron chi connectivity index (χ3n) is 6.31. The predicted octanol–water partition coefficient (Wildman–Crippen LogP) is 1.95. The Morgan fingerprint density at radius 2 is 1.94 bits per heavy atom. The van der Waals surface area contributed by atoms with Crippen molar-refractivity contribution < 1.29 is 9.32 Å². The van der Waals surface area contributed by atoms with Crippen molar-refractivity contribution in [2.75, 3.05) is 58.9 Å². The number of piperazine rings is 1. The van der Waals surface area contributed by atoms with Crippen LogP contribution in [0, 0.1) is 0 Å². The van der Waals surface area contributed by atoms with Crippen molar-refractivity contribution in [1.29, 1.82) is 0 Å². The van der Waals surface area contributed by atoms with Crippen molar-refractivity contribution in [2.24, 2.45) is 0 Å². The zero-order valence-corrected chi connectivity index (χ0v) is 19.3. The molecule has 2 aliphatic rings. The number of amides is 1. The largest absolute Gasteiger partial charge is 0.352 e. The Hall–Kier alpha value is -1.81. The van der Waals surface area contributed by atoms with Crippen LogP contribution in [-0.2, 0) is 11.2 Å². The van der Waals surface area contributed by atoms with Crippen molar-refractivity contribution in [1.82, 2.24) is 30.2 Å². The average molecular weight is 447 g/mol. The van der Waals surface area contributed by atoms with E-state index >= 15 is 0 Å². The predicted molar refractivity (Wildman–Crippen MR) is 122 cm³/mol. The van der Waals surface area contributed by atoms with Crippen molar-refractivity contribution in [3.63, 3.8) is 0 Å². The van der Waals surface area contributed by atoms with Gasteiger partial charge in [0.15, 0.2) is 0 Å². The molecule has 0 aliphatic carbocycles. The molecule has 2 aromatic rings. The van der Waals surface area contributed by atoms with Crippen LogP contribution >= 0.6 is 11.3 Å². The molecule has 2 fully saturated rings. The molecule has 4 heterocycles. The third-order valence-corrected chi connectivity index (χ3v) is 7.17. The van der Waals surface area contributed by atoms with Gasteiger partial charge in [-0.05, 0) is 43.8 Å². The van der Waals surface area contributed by atoms with E-state index in [1.54, 1.807) is 11.3 Å². The number of aromatic nitrogens is 2. The number of piperidine rings is 1. The molecule has 0 radical (unpaired) electrons. The van der Waals surface area contributed by atoms with Gasteiger partial charge in [-0.3, -0.25) is 9.69 Å². The van der Waals surface area contributed by atoms with Crippen LogP contribution < -0.4 is 5.32 Å². The van der Waals surface area contributed by atoms with E-state index in [1.807, 2.05) is 17.5 Å². The standard InChI is InChI=1S/C22H34N6O2S/c1-2-26-10-7-18(8-11-26)23-20(29)17-28-14-12-27(13-15-28)9-3-6-21-24-22(25-30-21)19-5-4-16-31-19/h4-5,16,18H,2-3,6-15,17H2,1H3,(H,23,29). The zero-order chi connectivity index (χ0) is 21.5. The van der Waals surface area contributed by atoms with E-state index in [0.29, 0.717) is 24.3 Å². The number of carbonyl (C=O) groups excluding carboxylic acids is 1. The number of carbonyl (C=O) groups is 1. The summed E-state index contributed by atoms with van der Waals surface area (Å²) >= 11 is 1.62. The molecule has 9 heteroatoms. The summed E-state index contributed by atoms with van der Waals surface area (Å²) in [6, 6.07) is 4.35. The Kier molecular flexibility index (Phi) is 8.07. The minimum Gasteiger partial charge on any atom is -0.352 e. The van der Waals surface area contributed by atoms with Gasteiger partial charge in [0.1, 0.15) is 0 Å². The fourth-order valence-corrected chi connectivity index (χ4v) is 5.01. The molecule has 1 amide bonds. The molecule has 0 saturated carbocycles. The second-order valence-electron chi connectivity index (χ2n) is 8.49. The Bertz CT molecular complexity index is 795. The van der Waals surface area contributed by atoms with Gasteiger partial charge in [-0.1, -0.05) is 18.1 Å². The zero-order valence-electron chi connectivity index (χ0n) is 18.5. The number of aryl methyl sites for hydroxylation is 1. The number of thiophene rings is 1. The molecule has 0 unspecified atom stereocenters. The van der Waals surface area contributed by atoms with Crippen LogP contribution in [0.5, 0.6) is 0 Å². The molecule has 4 rings (SSSR count). The maximum atomic E-state index is 12.4. The van der Waals surface area contributed by atoms with Crippen LogP contribution in [0.2, 0.25) is 0 Å². The molecule has 0 spiro atoms. The first-order valence-electron chi connectivity index (χ1n) is 11.5. The normalized spacial score (nSPS) is 19.6. The third kappa shape index (κ3) is 6.58. The van der Waals surface area contributed by atoms with Gasteiger partial charge in [0.05, 0.1) is 11.4 Å². The Morgan fingerprint density at radius 1 is 1.16 bits per heavy atom. The molecular weight excluding hydrogens is 412 g/mol. The number of nitrogens with one attached hydrogen (secondary N) is 1. The van der Waals surface area contributed by atoms with Gasteiger partial charge in [-0.25, -0.2) is 0 Å². The second kappa shape index (κ2) is 11.2. The molecule has 0 aromatic carbocycles. The maximum absolute atomic E-state index is 12.4. The Balaban J connectivity index is 1.09. The summed E-state index contributed by atoms with van der Waals surface area (Å²) < 4.78 is 5.38. The summed E-state index contributed by atoms with van der Waals surface area (Å²) in [5.41, 5.74) is 0. The van der Waals surface area contributed by atoms with E-state index in [9.17, 15) is 4.79 Å². The lowest BCUT2D eigenvalue weighted by molar-refractivity contribution is -0.123. The van der Waals surface area contributed by atoms with Crippen LogP contribution in [0.4, 0.5) is 0 Å². The van der Waals surface area contributed by atoms with Crippen LogP contribution in [0.25, 0.3) is 10.7 Å². The summed E-state index contributed by atoms with van der Waals surface area (Å²) in [6.07, 6.45) is 3.95. The minimum absolute atomic E-state index is 0.182. The molecule has 0 atom stereocenters. The van der Waals surface area contributed by atoms with Gasteiger partial charge < -0.3 is 19.6 Å². The molecular formula is C22H34N6O2S. The van der Waals surface area contributed by atoms with Crippen molar-refractivity contribution in [3.05, 3.63) is 23.4 Å². The van der Waals surface area contributed by atoms with Crippen LogP contribution in [0.1, 0.15) is 32.1 Å². The summed E-state index contributed by atoms with van der Waals surface area (Å²) in [7, 11) is 0. The summed E-state index contributed by atoms with van der Waals surface area (Å²) in [5, 5.41) is 9.34. The highest BCUT2D eigenvalue weighted by atomic mass is 32.1. The quantitative estimate of drug-likeness (QED) is 0.631. The topological polar surface area (TPSA) is 77.7 Å². The number of likely N-dealkylation sites (tertiary alicyclic amines) is 1. The van der Waals surface area contributed by atoms with E-state index in [0.717, 1.165) is 82.9 Å². The number of nitrogens with zero attached hydrogens (tertiary/aromatic N) is 5. The van der Waals surface area contributed by atoms with Gasteiger partial charge >= 0.3 is 0 Å². The number of rotatable bonds is 9. The van der Waals surface area contributed by atoms with E-state index in [2.05, 4.69) is 37.1 Å². The van der Waals surface area contributed by atoms with Crippen LogP contribution in [0.15, 0.2) is 22.0 Å². The summed E-state index contributed by atoms with van der Waals surface area (Å²) in [4.78, 5) is 25.2.